The highest BCUT2D eigenvalue weighted by atomic mass is 35.5. The molecule has 5 heteroatoms. The van der Waals surface area contributed by atoms with Gasteiger partial charge >= 0.3 is 0 Å². The molecule has 0 radical (unpaired) electrons. The molecule has 0 aromatic heterocycles. The van der Waals surface area contributed by atoms with Crippen molar-refractivity contribution in [3.8, 4) is 0 Å². The number of halogens is 1. The van der Waals surface area contributed by atoms with Gasteiger partial charge in [-0.1, -0.05) is 6.08 Å². The largest absolute Gasteiger partial charge is 0.351 e. The second kappa shape index (κ2) is 7.65. The van der Waals surface area contributed by atoms with Gasteiger partial charge in [-0.2, -0.15) is 0 Å². The zero-order chi connectivity index (χ0) is 11.8. The first-order valence-corrected chi connectivity index (χ1v) is 5.99. The van der Waals surface area contributed by atoms with Crippen molar-refractivity contribution >= 4 is 17.5 Å². The molecule has 1 amide bonds. The van der Waals surface area contributed by atoms with E-state index >= 15 is 0 Å². The van der Waals surface area contributed by atoms with Gasteiger partial charge in [0, 0.05) is 19.8 Å². The number of alkyl halides is 1. The van der Waals surface area contributed by atoms with Crippen LogP contribution in [0.5, 0.6) is 0 Å². The Bertz CT molecular complexity index is 227. The highest BCUT2D eigenvalue weighted by Gasteiger charge is 2.19. The van der Waals surface area contributed by atoms with Crippen LogP contribution in [0, 0.1) is 0 Å². The summed E-state index contributed by atoms with van der Waals surface area (Å²) in [5.41, 5.74) is 0. The van der Waals surface area contributed by atoms with Gasteiger partial charge in [0.1, 0.15) is 5.88 Å². The molecule has 1 aliphatic rings. The second-order valence-corrected chi connectivity index (χ2v) is 3.87. The molecule has 1 saturated heterocycles. The minimum Gasteiger partial charge on any atom is -0.351 e. The lowest BCUT2D eigenvalue weighted by atomic mass is 10.3. The van der Waals surface area contributed by atoms with Crippen LogP contribution in [-0.4, -0.2) is 49.3 Å². The van der Waals surface area contributed by atoms with E-state index in [2.05, 4.69) is 6.58 Å². The summed E-state index contributed by atoms with van der Waals surface area (Å²) < 4.78 is 11.0. The third-order valence-electron chi connectivity index (χ3n) is 2.33. The molecular weight excluding hydrogens is 230 g/mol. The molecule has 0 saturated carbocycles. The van der Waals surface area contributed by atoms with Crippen molar-refractivity contribution < 1.29 is 14.3 Å². The Hall–Kier alpha value is -0.580. The maximum Gasteiger partial charge on any atom is 0.237 e. The minimum absolute atomic E-state index is 0.0272. The molecule has 0 atom stereocenters. The molecule has 1 rings (SSSR count). The van der Waals surface area contributed by atoms with Crippen LogP contribution in [0.15, 0.2) is 12.7 Å². The lowest BCUT2D eigenvalue weighted by Crippen LogP contribution is -2.40. The first kappa shape index (κ1) is 13.5. The SMILES string of the molecule is C=CCN(CC1OCCCCO1)C(=O)CCl. The molecule has 16 heavy (non-hydrogen) atoms. The van der Waals surface area contributed by atoms with E-state index in [9.17, 15) is 4.79 Å². The van der Waals surface area contributed by atoms with Crippen LogP contribution in [-0.2, 0) is 14.3 Å². The molecule has 0 spiro atoms. The van der Waals surface area contributed by atoms with Crippen molar-refractivity contribution in [3.05, 3.63) is 12.7 Å². The third-order valence-corrected chi connectivity index (χ3v) is 2.56. The maximum atomic E-state index is 11.5. The van der Waals surface area contributed by atoms with E-state index in [1.807, 2.05) is 0 Å². The molecule has 0 aromatic carbocycles. The number of carbonyl (C=O) groups is 1. The average Bonchev–Trinajstić information content (AvgIpc) is 2.56. The van der Waals surface area contributed by atoms with E-state index in [0.29, 0.717) is 26.3 Å². The summed E-state index contributed by atoms with van der Waals surface area (Å²) in [4.78, 5) is 13.1. The number of rotatable bonds is 5. The van der Waals surface area contributed by atoms with Gasteiger partial charge in [-0.15, -0.1) is 18.2 Å². The first-order valence-electron chi connectivity index (χ1n) is 5.45. The lowest BCUT2D eigenvalue weighted by Gasteiger charge is -2.25. The van der Waals surface area contributed by atoms with Crippen LogP contribution < -0.4 is 0 Å². The Labute approximate surface area is 101 Å². The van der Waals surface area contributed by atoms with Crippen molar-refractivity contribution in [1.82, 2.24) is 4.90 Å². The van der Waals surface area contributed by atoms with Crippen LogP contribution in [0.4, 0.5) is 0 Å². The van der Waals surface area contributed by atoms with Gasteiger partial charge in [0.2, 0.25) is 5.91 Å². The van der Waals surface area contributed by atoms with Gasteiger partial charge < -0.3 is 14.4 Å². The predicted octanol–water partition coefficient (Wildman–Crippen LogP) is 1.39. The molecule has 1 heterocycles. The smallest absolute Gasteiger partial charge is 0.237 e. The normalized spacial score (nSPS) is 17.8. The van der Waals surface area contributed by atoms with E-state index in [1.54, 1.807) is 11.0 Å². The fourth-order valence-electron chi connectivity index (χ4n) is 1.49. The van der Waals surface area contributed by atoms with Crippen LogP contribution in [0.2, 0.25) is 0 Å². The highest BCUT2D eigenvalue weighted by Crippen LogP contribution is 2.08. The first-order chi connectivity index (χ1) is 7.77. The number of amides is 1. The third kappa shape index (κ3) is 4.51. The zero-order valence-electron chi connectivity index (χ0n) is 9.36. The summed E-state index contributed by atoms with van der Waals surface area (Å²) in [6, 6.07) is 0. The standard InChI is InChI=1S/C11H18ClNO3/c1-2-5-13(10(14)8-12)9-11-15-6-3-4-7-16-11/h2,11H,1,3-9H2. The molecule has 92 valence electrons. The van der Waals surface area contributed by atoms with Crippen molar-refractivity contribution in [1.29, 1.82) is 0 Å². The Morgan fingerprint density at radius 1 is 1.44 bits per heavy atom. The van der Waals surface area contributed by atoms with E-state index in [4.69, 9.17) is 21.1 Å². The zero-order valence-corrected chi connectivity index (χ0v) is 10.1. The predicted molar refractivity (Wildman–Crippen MR) is 62.4 cm³/mol. The minimum atomic E-state index is -0.338. The number of hydrogen-bond donors (Lipinski definition) is 0. The molecule has 0 N–H and O–H groups in total. The molecular formula is C11H18ClNO3. The van der Waals surface area contributed by atoms with Crippen molar-refractivity contribution in [3.63, 3.8) is 0 Å². The van der Waals surface area contributed by atoms with Gasteiger partial charge in [0.05, 0.1) is 6.54 Å². The monoisotopic (exact) mass is 247 g/mol. The number of hydrogen-bond acceptors (Lipinski definition) is 3. The van der Waals surface area contributed by atoms with E-state index in [0.717, 1.165) is 12.8 Å². The molecule has 0 bridgehead atoms. The summed E-state index contributed by atoms with van der Waals surface area (Å²) >= 11 is 5.53. The second-order valence-electron chi connectivity index (χ2n) is 3.60. The van der Waals surface area contributed by atoms with E-state index < -0.39 is 0 Å². The summed E-state index contributed by atoms with van der Waals surface area (Å²) in [5, 5.41) is 0. The van der Waals surface area contributed by atoms with Gasteiger partial charge in [-0.3, -0.25) is 4.79 Å². The summed E-state index contributed by atoms with van der Waals surface area (Å²) in [6.07, 6.45) is 3.33. The fourth-order valence-corrected chi connectivity index (χ4v) is 1.65. The molecule has 0 aliphatic carbocycles. The quantitative estimate of drug-likeness (QED) is 0.545. The van der Waals surface area contributed by atoms with Gasteiger partial charge in [0.25, 0.3) is 0 Å². The van der Waals surface area contributed by atoms with Gasteiger partial charge in [0.15, 0.2) is 6.29 Å². The summed E-state index contributed by atoms with van der Waals surface area (Å²) in [5.74, 6) is -0.154. The molecule has 0 unspecified atom stereocenters. The number of nitrogens with zero attached hydrogens (tertiary/aromatic N) is 1. The van der Waals surface area contributed by atoms with Gasteiger partial charge in [-0.05, 0) is 12.8 Å². The molecule has 0 aromatic rings. The number of ether oxygens (including phenoxy) is 2. The van der Waals surface area contributed by atoms with Crippen LogP contribution in [0.3, 0.4) is 0 Å². The topological polar surface area (TPSA) is 38.8 Å². The molecule has 4 nitrogen and oxygen atoms in total. The lowest BCUT2D eigenvalue weighted by molar-refractivity contribution is -0.151. The van der Waals surface area contributed by atoms with E-state index in [-0.39, 0.29) is 18.1 Å². The summed E-state index contributed by atoms with van der Waals surface area (Å²) in [6.45, 7) is 5.86. The van der Waals surface area contributed by atoms with Crippen LogP contribution in [0.1, 0.15) is 12.8 Å². The summed E-state index contributed by atoms with van der Waals surface area (Å²) in [7, 11) is 0. The van der Waals surface area contributed by atoms with Crippen molar-refractivity contribution in [2.75, 3.05) is 32.2 Å². The van der Waals surface area contributed by atoms with Crippen molar-refractivity contribution in [2.45, 2.75) is 19.1 Å². The Morgan fingerprint density at radius 2 is 2.06 bits per heavy atom. The Balaban J connectivity index is 2.45. The maximum absolute atomic E-state index is 11.5. The highest BCUT2D eigenvalue weighted by molar-refractivity contribution is 6.27. The molecule has 1 aliphatic heterocycles. The van der Waals surface area contributed by atoms with Crippen LogP contribution >= 0.6 is 11.6 Å². The van der Waals surface area contributed by atoms with E-state index in [1.165, 1.54) is 0 Å². The fraction of sp³-hybridized carbons (Fsp3) is 0.727. The van der Waals surface area contributed by atoms with Crippen molar-refractivity contribution in [2.24, 2.45) is 0 Å². The van der Waals surface area contributed by atoms with Crippen LogP contribution in [0.25, 0.3) is 0 Å². The number of carbonyl (C=O) groups excluding carboxylic acids is 1. The Morgan fingerprint density at radius 3 is 2.56 bits per heavy atom. The molecule has 1 fully saturated rings. The Kier molecular flexibility index (Phi) is 6.45. The average molecular weight is 248 g/mol. The van der Waals surface area contributed by atoms with Gasteiger partial charge in [-0.25, -0.2) is 0 Å².